The van der Waals surface area contributed by atoms with Crippen LogP contribution in [0.3, 0.4) is 0 Å². The van der Waals surface area contributed by atoms with Crippen molar-refractivity contribution < 1.29 is 0 Å². The summed E-state index contributed by atoms with van der Waals surface area (Å²) in [5.41, 5.74) is 4.20. The fraction of sp³-hybridized carbons (Fsp3) is 0.455. The minimum absolute atomic E-state index is 0.316. The summed E-state index contributed by atoms with van der Waals surface area (Å²) in [6, 6.07) is 0.316. The van der Waals surface area contributed by atoms with E-state index < -0.39 is 0 Å². The highest BCUT2D eigenvalue weighted by atomic mass is 32.1. The standard InChI is InChI=1S/C11H16N4S/c1-8(11-6-15(3)14-9(11)2)13-5-10-4-12-7-16-10/h4,6-8,13H,5H2,1-3H3. The molecule has 1 atom stereocenters. The van der Waals surface area contributed by atoms with E-state index in [2.05, 4.69) is 28.5 Å². The third kappa shape index (κ3) is 2.48. The Hall–Kier alpha value is -1.20. The quantitative estimate of drug-likeness (QED) is 0.883. The molecule has 2 heterocycles. The van der Waals surface area contributed by atoms with Crippen molar-refractivity contribution >= 4 is 11.3 Å². The van der Waals surface area contributed by atoms with Crippen LogP contribution in [0.2, 0.25) is 0 Å². The lowest BCUT2D eigenvalue weighted by Gasteiger charge is -2.11. The molecule has 0 radical (unpaired) electrons. The van der Waals surface area contributed by atoms with Crippen molar-refractivity contribution in [3.63, 3.8) is 0 Å². The molecule has 0 saturated heterocycles. The predicted molar refractivity (Wildman–Crippen MR) is 65.3 cm³/mol. The molecule has 1 unspecified atom stereocenters. The molecule has 1 N–H and O–H groups in total. The minimum atomic E-state index is 0.316. The van der Waals surface area contributed by atoms with Crippen LogP contribution in [0.5, 0.6) is 0 Å². The largest absolute Gasteiger partial charge is 0.305 e. The monoisotopic (exact) mass is 236 g/mol. The molecule has 0 saturated carbocycles. The number of aryl methyl sites for hydroxylation is 2. The second-order valence-corrected chi connectivity index (χ2v) is 4.88. The second kappa shape index (κ2) is 4.76. The first-order chi connectivity index (χ1) is 7.66. The average molecular weight is 236 g/mol. The Morgan fingerprint density at radius 1 is 1.56 bits per heavy atom. The van der Waals surface area contributed by atoms with Crippen molar-refractivity contribution in [2.75, 3.05) is 0 Å². The molecule has 16 heavy (non-hydrogen) atoms. The van der Waals surface area contributed by atoms with Gasteiger partial charge in [0.05, 0.1) is 11.2 Å². The molecule has 0 aliphatic heterocycles. The van der Waals surface area contributed by atoms with E-state index in [1.165, 1.54) is 10.4 Å². The average Bonchev–Trinajstić information content (AvgIpc) is 2.84. The van der Waals surface area contributed by atoms with E-state index in [9.17, 15) is 0 Å². The highest BCUT2D eigenvalue weighted by Gasteiger charge is 2.11. The van der Waals surface area contributed by atoms with Gasteiger partial charge in [-0.1, -0.05) is 0 Å². The Balaban J connectivity index is 1.98. The normalized spacial score (nSPS) is 12.9. The molecule has 0 aliphatic carbocycles. The number of rotatable bonds is 4. The van der Waals surface area contributed by atoms with Gasteiger partial charge in [-0.05, 0) is 13.8 Å². The summed E-state index contributed by atoms with van der Waals surface area (Å²) in [5.74, 6) is 0. The smallest absolute Gasteiger partial charge is 0.0794 e. The summed E-state index contributed by atoms with van der Waals surface area (Å²) in [6.07, 6.45) is 3.97. The maximum absolute atomic E-state index is 4.34. The van der Waals surface area contributed by atoms with Gasteiger partial charge in [0.2, 0.25) is 0 Å². The van der Waals surface area contributed by atoms with E-state index in [1.807, 2.05) is 30.4 Å². The lowest BCUT2D eigenvalue weighted by atomic mass is 10.1. The Kier molecular flexibility index (Phi) is 3.36. The maximum atomic E-state index is 4.34. The van der Waals surface area contributed by atoms with Crippen molar-refractivity contribution in [3.8, 4) is 0 Å². The first-order valence-electron chi connectivity index (χ1n) is 5.27. The summed E-state index contributed by atoms with van der Waals surface area (Å²) in [7, 11) is 1.95. The zero-order valence-corrected chi connectivity index (χ0v) is 10.6. The Bertz CT molecular complexity index is 447. The molecule has 86 valence electrons. The zero-order chi connectivity index (χ0) is 11.5. The summed E-state index contributed by atoms with van der Waals surface area (Å²) in [6.45, 7) is 5.06. The number of hydrogen-bond acceptors (Lipinski definition) is 4. The van der Waals surface area contributed by atoms with Gasteiger partial charge >= 0.3 is 0 Å². The van der Waals surface area contributed by atoms with Crippen LogP contribution >= 0.6 is 11.3 Å². The number of hydrogen-bond donors (Lipinski definition) is 1. The molecule has 0 bridgehead atoms. The van der Waals surface area contributed by atoms with Crippen LogP contribution < -0.4 is 5.32 Å². The number of nitrogens with zero attached hydrogens (tertiary/aromatic N) is 3. The number of nitrogens with one attached hydrogen (secondary N) is 1. The molecule has 4 nitrogen and oxygen atoms in total. The van der Waals surface area contributed by atoms with E-state index in [-0.39, 0.29) is 0 Å². The van der Waals surface area contributed by atoms with Gasteiger partial charge < -0.3 is 5.32 Å². The third-order valence-electron chi connectivity index (χ3n) is 2.58. The molecule has 2 aromatic heterocycles. The van der Waals surface area contributed by atoms with Crippen molar-refractivity contribution in [2.24, 2.45) is 7.05 Å². The lowest BCUT2D eigenvalue weighted by molar-refractivity contribution is 0.575. The lowest BCUT2D eigenvalue weighted by Crippen LogP contribution is -2.17. The Labute approximate surface area is 99.3 Å². The van der Waals surface area contributed by atoms with Crippen LogP contribution in [0.25, 0.3) is 0 Å². The van der Waals surface area contributed by atoms with Crippen LogP contribution in [0, 0.1) is 6.92 Å². The molecule has 0 spiro atoms. The zero-order valence-electron chi connectivity index (χ0n) is 9.77. The molecule has 5 heteroatoms. The summed E-state index contributed by atoms with van der Waals surface area (Å²) >= 11 is 1.68. The second-order valence-electron chi connectivity index (χ2n) is 3.91. The number of thiazole rings is 1. The highest BCUT2D eigenvalue weighted by Crippen LogP contribution is 2.16. The molecular weight excluding hydrogens is 220 g/mol. The van der Waals surface area contributed by atoms with Crippen LogP contribution in [0.1, 0.15) is 29.1 Å². The van der Waals surface area contributed by atoms with Crippen molar-refractivity contribution in [2.45, 2.75) is 26.4 Å². The fourth-order valence-corrected chi connectivity index (χ4v) is 2.28. The molecular formula is C11H16N4S. The van der Waals surface area contributed by atoms with Gasteiger partial charge in [-0.25, -0.2) is 0 Å². The van der Waals surface area contributed by atoms with Gasteiger partial charge in [-0.2, -0.15) is 5.10 Å². The summed E-state index contributed by atoms with van der Waals surface area (Å²) in [5, 5.41) is 7.82. The predicted octanol–water partition coefficient (Wildman–Crippen LogP) is 2.04. The SMILES string of the molecule is Cc1nn(C)cc1C(C)NCc1cncs1. The maximum Gasteiger partial charge on any atom is 0.0794 e. The molecule has 2 aromatic rings. The third-order valence-corrected chi connectivity index (χ3v) is 3.36. The summed E-state index contributed by atoms with van der Waals surface area (Å²) in [4.78, 5) is 5.31. The highest BCUT2D eigenvalue weighted by molar-refractivity contribution is 7.09. The van der Waals surface area contributed by atoms with Crippen LogP contribution in [0.4, 0.5) is 0 Å². The minimum Gasteiger partial charge on any atom is -0.305 e. The van der Waals surface area contributed by atoms with Crippen LogP contribution in [-0.2, 0) is 13.6 Å². The molecule has 0 amide bonds. The number of aromatic nitrogens is 3. The Morgan fingerprint density at radius 2 is 2.38 bits per heavy atom. The first kappa shape index (κ1) is 11.3. The van der Waals surface area contributed by atoms with E-state index >= 15 is 0 Å². The van der Waals surface area contributed by atoms with Gasteiger partial charge in [0.1, 0.15) is 0 Å². The van der Waals surface area contributed by atoms with Gasteiger partial charge in [-0.3, -0.25) is 9.67 Å². The van der Waals surface area contributed by atoms with Gasteiger partial charge in [0.25, 0.3) is 0 Å². The fourth-order valence-electron chi connectivity index (χ4n) is 1.74. The Morgan fingerprint density at radius 3 is 2.94 bits per heavy atom. The summed E-state index contributed by atoms with van der Waals surface area (Å²) < 4.78 is 1.86. The van der Waals surface area contributed by atoms with E-state index in [4.69, 9.17) is 0 Å². The first-order valence-corrected chi connectivity index (χ1v) is 6.15. The van der Waals surface area contributed by atoms with Gasteiger partial charge in [0, 0.05) is 42.5 Å². The molecule has 0 aromatic carbocycles. The van der Waals surface area contributed by atoms with Crippen molar-refractivity contribution in [1.82, 2.24) is 20.1 Å². The molecule has 0 aliphatic rings. The van der Waals surface area contributed by atoms with Crippen LogP contribution in [0.15, 0.2) is 17.9 Å². The molecule has 0 fully saturated rings. The van der Waals surface area contributed by atoms with E-state index in [1.54, 1.807) is 11.3 Å². The van der Waals surface area contributed by atoms with Gasteiger partial charge in [-0.15, -0.1) is 11.3 Å². The van der Waals surface area contributed by atoms with E-state index in [0.29, 0.717) is 6.04 Å². The topological polar surface area (TPSA) is 42.7 Å². The van der Waals surface area contributed by atoms with Crippen molar-refractivity contribution in [1.29, 1.82) is 0 Å². The van der Waals surface area contributed by atoms with Crippen molar-refractivity contribution in [3.05, 3.63) is 34.0 Å². The van der Waals surface area contributed by atoms with Crippen LogP contribution in [-0.4, -0.2) is 14.8 Å². The van der Waals surface area contributed by atoms with Gasteiger partial charge in [0.15, 0.2) is 0 Å². The molecule has 2 rings (SSSR count). The van der Waals surface area contributed by atoms with E-state index in [0.717, 1.165) is 12.2 Å².